The molecule has 0 bridgehead atoms. The van der Waals surface area contributed by atoms with E-state index in [0.29, 0.717) is 5.56 Å². The molecule has 0 aliphatic heterocycles. The molecule has 1 aromatic carbocycles. The second kappa shape index (κ2) is 10.8. The Balaban J connectivity index is 2.35. The van der Waals surface area contributed by atoms with E-state index in [1.165, 1.54) is 6.92 Å². The smallest absolute Gasteiger partial charge is 0.450 e. The summed E-state index contributed by atoms with van der Waals surface area (Å²) in [5, 5.41) is 20.2. The minimum absolute atomic E-state index is 0.286. The Hall–Kier alpha value is -2.89. The molecule has 1 amide bonds. The molecule has 2 rings (SSSR count). The maximum atomic E-state index is 13.8. The molecule has 30 heavy (non-hydrogen) atoms. The number of pyridine rings is 1. The molecule has 0 saturated heterocycles. The molecule has 1 aromatic heterocycles. The van der Waals surface area contributed by atoms with Crippen molar-refractivity contribution < 1.29 is 23.8 Å². The minimum Gasteiger partial charge on any atom is -0.450 e. The first-order chi connectivity index (χ1) is 14.3. The number of halogens is 3. The van der Waals surface area contributed by atoms with Crippen LogP contribution in [-0.4, -0.2) is 45.8 Å². The van der Waals surface area contributed by atoms with E-state index in [9.17, 15) is 14.0 Å². The number of nitrogens with one attached hydrogen (secondary N) is 1. The zero-order chi connectivity index (χ0) is 22.3. The van der Waals surface area contributed by atoms with Crippen LogP contribution in [0.1, 0.15) is 24.1 Å². The molecule has 0 spiro atoms. The standard InChI is InChI=1S/C20H18Cl2FN3O4/c1-11(30-20(28)29)17(16(8-23)26-19(27)18(21)22)13-4-2-12(3-5-13)14-6-7-15(9-24)25-10-14/h2-7,10-11,16-18H,8H2,1H3,(H,26,27)(H,28,29)/t11-,16-,17?/m1/s1. The number of nitriles is 1. The highest BCUT2D eigenvalue weighted by atomic mass is 35.5. The van der Waals surface area contributed by atoms with Gasteiger partial charge in [0.15, 0.2) is 4.84 Å². The van der Waals surface area contributed by atoms with E-state index in [4.69, 9.17) is 38.3 Å². The normalized spacial score (nSPS) is 13.7. The van der Waals surface area contributed by atoms with Crippen LogP contribution >= 0.6 is 23.2 Å². The third-order valence-corrected chi connectivity index (χ3v) is 4.82. The van der Waals surface area contributed by atoms with Crippen LogP contribution < -0.4 is 5.32 Å². The summed E-state index contributed by atoms with van der Waals surface area (Å²) in [6.45, 7) is 0.469. The summed E-state index contributed by atoms with van der Waals surface area (Å²) < 4.78 is 18.6. The molecule has 2 N–H and O–H groups in total. The number of carbonyl (C=O) groups excluding carboxylic acids is 1. The number of aromatic nitrogens is 1. The Morgan fingerprint density at radius 2 is 1.87 bits per heavy atom. The van der Waals surface area contributed by atoms with Gasteiger partial charge in [-0.05, 0) is 30.2 Å². The number of carbonyl (C=O) groups is 2. The minimum atomic E-state index is -1.52. The molecule has 7 nitrogen and oxygen atoms in total. The van der Waals surface area contributed by atoms with Crippen molar-refractivity contribution in [2.75, 3.05) is 6.67 Å². The van der Waals surface area contributed by atoms with Gasteiger partial charge in [0.2, 0.25) is 0 Å². The first kappa shape index (κ1) is 23.4. The van der Waals surface area contributed by atoms with Crippen LogP contribution in [0.2, 0.25) is 0 Å². The Kier molecular flexibility index (Phi) is 8.39. The van der Waals surface area contributed by atoms with Gasteiger partial charge in [0, 0.05) is 17.7 Å². The Bertz CT molecular complexity index is 917. The molecule has 1 unspecified atom stereocenters. The van der Waals surface area contributed by atoms with Crippen molar-refractivity contribution in [3.05, 3.63) is 53.9 Å². The SMILES string of the molecule is C[C@@H](OC(=O)O)C(c1ccc(-c2ccc(C#N)nc2)cc1)[C@@H](CF)NC(=O)C(Cl)Cl. The van der Waals surface area contributed by atoms with Crippen molar-refractivity contribution in [2.45, 2.75) is 29.8 Å². The second-order valence-electron chi connectivity index (χ2n) is 6.35. The van der Waals surface area contributed by atoms with Gasteiger partial charge in [-0.2, -0.15) is 5.26 Å². The van der Waals surface area contributed by atoms with Crippen LogP contribution in [0.15, 0.2) is 42.6 Å². The summed E-state index contributed by atoms with van der Waals surface area (Å²) in [5.41, 5.74) is 2.37. The quantitative estimate of drug-likeness (QED) is 0.460. The van der Waals surface area contributed by atoms with E-state index in [1.807, 2.05) is 6.07 Å². The molecule has 0 radical (unpaired) electrons. The fraction of sp³-hybridized carbons (Fsp3) is 0.300. The van der Waals surface area contributed by atoms with Crippen LogP contribution in [0.4, 0.5) is 9.18 Å². The van der Waals surface area contributed by atoms with Crippen LogP contribution in [0.3, 0.4) is 0 Å². The molecule has 0 aliphatic rings. The molecule has 158 valence electrons. The van der Waals surface area contributed by atoms with Gasteiger partial charge >= 0.3 is 6.16 Å². The van der Waals surface area contributed by atoms with E-state index >= 15 is 0 Å². The summed E-state index contributed by atoms with van der Waals surface area (Å²) in [6.07, 6.45) is -0.952. The largest absolute Gasteiger partial charge is 0.506 e. The first-order valence-electron chi connectivity index (χ1n) is 8.77. The van der Waals surface area contributed by atoms with Crippen LogP contribution in [0.5, 0.6) is 0 Å². The molecule has 0 aliphatic carbocycles. The number of ether oxygens (including phenoxy) is 1. The van der Waals surface area contributed by atoms with Crippen LogP contribution in [0.25, 0.3) is 11.1 Å². The summed E-state index contributed by atoms with van der Waals surface area (Å²) >= 11 is 11.1. The number of amides is 1. The average molecular weight is 454 g/mol. The lowest BCUT2D eigenvalue weighted by atomic mass is 9.86. The average Bonchev–Trinajstić information content (AvgIpc) is 2.73. The lowest BCUT2D eigenvalue weighted by Gasteiger charge is -2.30. The fourth-order valence-electron chi connectivity index (χ4n) is 3.06. The van der Waals surface area contributed by atoms with Crippen molar-refractivity contribution in [3.63, 3.8) is 0 Å². The molecule has 1 heterocycles. The van der Waals surface area contributed by atoms with Crippen LogP contribution in [-0.2, 0) is 9.53 Å². The topological polar surface area (TPSA) is 112 Å². The van der Waals surface area contributed by atoms with Gasteiger partial charge in [-0.1, -0.05) is 47.5 Å². The molecule has 2 aromatic rings. The van der Waals surface area contributed by atoms with Crippen molar-refractivity contribution in [1.29, 1.82) is 5.26 Å². The van der Waals surface area contributed by atoms with Crippen molar-refractivity contribution >= 4 is 35.3 Å². The van der Waals surface area contributed by atoms with Gasteiger partial charge in [0.1, 0.15) is 24.5 Å². The monoisotopic (exact) mass is 453 g/mol. The highest BCUT2D eigenvalue weighted by Gasteiger charge is 2.33. The van der Waals surface area contributed by atoms with Gasteiger partial charge in [-0.25, -0.2) is 14.2 Å². The number of benzene rings is 1. The summed E-state index contributed by atoms with van der Waals surface area (Å²) in [4.78, 5) is 25.5. The van der Waals surface area contributed by atoms with E-state index in [1.54, 1.807) is 42.6 Å². The maximum Gasteiger partial charge on any atom is 0.506 e. The Morgan fingerprint density at radius 1 is 1.23 bits per heavy atom. The van der Waals surface area contributed by atoms with Gasteiger partial charge < -0.3 is 15.2 Å². The summed E-state index contributed by atoms with van der Waals surface area (Å²) in [7, 11) is 0. The maximum absolute atomic E-state index is 13.8. The first-order valence-corrected chi connectivity index (χ1v) is 9.64. The number of rotatable bonds is 8. The van der Waals surface area contributed by atoms with Gasteiger partial charge in [0.25, 0.3) is 5.91 Å². The predicted molar refractivity (Wildman–Crippen MR) is 109 cm³/mol. The molecule has 0 saturated carbocycles. The molecule has 0 fully saturated rings. The highest BCUT2D eigenvalue weighted by molar-refractivity contribution is 6.53. The fourth-order valence-corrected chi connectivity index (χ4v) is 3.19. The van der Waals surface area contributed by atoms with E-state index < -0.39 is 41.6 Å². The lowest BCUT2D eigenvalue weighted by molar-refractivity contribution is -0.120. The molecule has 10 heteroatoms. The van der Waals surface area contributed by atoms with Crippen molar-refractivity contribution in [1.82, 2.24) is 10.3 Å². The highest BCUT2D eigenvalue weighted by Crippen LogP contribution is 2.29. The zero-order valence-corrected chi connectivity index (χ0v) is 17.3. The van der Waals surface area contributed by atoms with Gasteiger partial charge in [-0.3, -0.25) is 4.79 Å². The number of nitrogens with zero attached hydrogens (tertiary/aromatic N) is 2. The third kappa shape index (κ3) is 6.05. The third-order valence-electron chi connectivity index (χ3n) is 4.42. The van der Waals surface area contributed by atoms with Crippen LogP contribution in [0, 0.1) is 11.3 Å². The molecular formula is C20H18Cl2FN3O4. The zero-order valence-electron chi connectivity index (χ0n) is 15.8. The summed E-state index contributed by atoms with van der Waals surface area (Å²) in [6, 6.07) is 11.0. The molecule has 3 atom stereocenters. The lowest BCUT2D eigenvalue weighted by Crippen LogP contribution is -2.46. The van der Waals surface area contributed by atoms with Gasteiger partial charge in [0.05, 0.1) is 6.04 Å². The van der Waals surface area contributed by atoms with Crippen molar-refractivity contribution in [3.8, 4) is 17.2 Å². The summed E-state index contributed by atoms with van der Waals surface area (Å²) in [5.74, 6) is -1.64. The Labute approximate surface area is 182 Å². The second-order valence-corrected chi connectivity index (χ2v) is 7.45. The predicted octanol–water partition coefficient (Wildman–Crippen LogP) is 4.04. The molecular weight excluding hydrogens is 436 g/mol. The van der Waals surface area contributed by atoms with Gasteiger partial charge in [-0.15, -0.1) is 0 Å². The van der Waals surface area contributed by atoms with E-state index in [0.717, 1.165) is 11.1 Å². The number of hydrogen-bond acceptors (Lipinski definition) is 5. The van der Waals surface area contributed by atoms with E-state index in [-0.39, 0.29) is 5.69 Å². The van der Waals surface area contributed by atoms with Crippen molar-refractivity contribution in [2.24, 2.45) is 0 Å². The number of alkyl halides is 3. The van der Waals surface area contributed by atoms with E-state index in [2.05, 4.69) is 10.3 Å². The Morgan fingerprint density at radius 3 is 2.33 bits per heavy atom. The number of hydrogen-bond donors (Lipinski definition) is 2. The number of carboxylic acid groups (broad SMARTS) is 1.